The summed E-state index contributed by atoms with van der Waals surface area (Å²) in [6.07, 6.45) is 1.57. The van der Waals surface area contributed by atoms with E-state index in [9.17, 15) is 0 Å². The summed E-state index contributed by atoms with van der Waals surface area (Å²) in [5.74, 6) is 2.67. The molecule has 0 aliphatic carbocycles. The maximum atomic E-state index is 4.86. The van der Waals surface area contributed by atoms with E-state index < -0.39 is 0 Å². The maximum absolute atomic E-state index is 4.86. The first kappa shape index (κ1) is 17.8. The van der Waals surface area contributed by atoms with Crippen molar-refractivity contribution in [2.75, 3.05) is 36.0 Å². The molecule has 0 radical (unpaired) electrons. The predicted octanol–water partition coefficient (Wildman–Crippen LogP) is 3.67. The molecule has 0 spiro atoms. The minimum absolute atomic E-state index is 0.620. The van der Waals surface area contributed by atoms with E-state index in [1.165, 1.54) is 5.39 Å². The molecule has 1 fully saturated rings. The third-order valence-electron chi connectivity index (χ3n) is 5.81. The number of nitrogens with zero attached hydrogens (tertiary/aromatic N) is 7. The van der Waals surface area contributed by atoms with Crippen molar-refractivity contribution in [3.05, 3.63) is 79.1 Å². The molecule has 1 saturated heterocycles. The van der Waals surface area contributed by atoms with Crippen LogP contribution in [0.4, 0.5) is 11.6 Å². The fraction of sp³-hybridized carbons (Fsp3) is 0.167. The number of rotatable bonds is 3. The van der Waals surface area contributed by atoms with E-state index in [0.29, 0.717) is 5.78 Å². The van der Waals surface area contributed by atoms with Gasteiger partial charge in [0.1, 0.15) is 18.0 Å². The molecule has 31 heavy (non-hydrogen) atoms. The summed E-state index contributed by atoms with van der Waals surface area (Å²) in [6.45, 7) is 3.54. The molecule has 1 aliphatic heterocycles. The van der Waals surface area contributed by atoms with Crippen LogP contribution in [0.1, 0.15) is 0 Å². The number of piperazine rings is 1. The number of anilines is 2. The Morgan fingerprint density at radius 2 is 1.48 bits per heavy atom. The average molecular weight is 407 g/mol. The Balaban J connectivity index is 1.28. The summed E-state index contributed by atoms with van der Waals surface area (Å²) in [4.78, 5) is 18.6. The molecule has 152 valence electrons. The summed E-state index contributed by atoms with van der Waals surface area (Å²) < 4.78 is 1.83. The first-order chi connectivity index (χ1) is 15.3. The minimum Gasteiger partial charge on any atom is -0.353 e. The summed E-state index contributed by atoms with van der Waals surface area (Å²) in [5.41, 5.74) is 3.02. The van der Waals surface area contributed by atoms with Crippen LogP contribution < -0.4 is 9.80 Å². The van der Waals surface area contributed by atoms with Gasteiger partial charge in [0, 0.05) is 43.2 Å². The zero-order valence-electron chi connectivity index (χ0n) is 17.0. The van der Waals surface area contributed by atoms with Crippen LogP contribution in [-0.2, 0) is 0 Å². The molecule has 7 heteroatoms. The van der Waals surface area contributed by atoms with E-state index in [1.54, 1.807) is 6.33 Å². The van der Waals surface area contributed by atoms with Crippen molar-refractivity contribution in [3.8, 4) is 11.3 Å². The second-order valence-corrected chi connectivity index (χ2v) is 7.67. The van der Waals surface area contributed by atoms with E-state index in [0.717, 1.165) is 54.6 Å². The second kappa shape index (κ2) is 7.36. The lowest BCUT2D eigenvalue weighted by atomic mass is 10.1. The molecule has 0 atom stereocenters. The Kier molecular flexibility index (Phi) is 4.23. The van der Waals surface area contributed by atoms with Gasteiger partial charge in [-0.1, -0.05) is 48.5 Å². The van der Waals surface area contributed by atoms with Crippen LogP contribution >= 0.6 is 0 Å². The van der Waals surface area contributed by atoms with Gasteiger partial charge >= 0.3 is 0 Å². The molecule has 4 heterocycles. The molecule has 3 aromatic heterocycles. The Bertz CT molecular complexity index is 1350. The van der Waals surface area contributed by atoms with E-state index in [2.05, 4.69) is 62.3 Å². The number of fused-ring (bicyclic) bond motifs is 2. The molecule has 5 aromatic rings. The first-order valence-electron chi connectivity index (χ1n) is 10.5. The van der Waals surface area contributed by atoms with Gasteiger partial charge < -0.3 is 9.80 Å². The Morgan fingerprint density at radius 1 is 0.710 bits per heavy atom. The lowest BCUT2D eigenvalue weighted by Crippen LogP contribution is -2.47. The molecule has 2 aromatic carbocycles. The largest absolute Gasteiger partial charge is 0.353 e. The third-order valence-corrected chi connectivity index (χ3v) is 5.81. The van der Waals surface area contributed by atoms with Gasteiger partial charge in [0.2, 0.25) is 0 Å². The van der Waals surface area contributed by atoms with Gasteiger partial charge in [-0.25, -0.2) is 9.97 Å². The molecule has 0 saturated carbocycles. The van der Waals surface area contributed by atoms with Crippen LogP contribution in [0, 0.1) is 0 Å². The van der Waals surface area contributed by atoms with Crippen LogP contribution in [0.3, 0.4) is 0 Å². The molecule has 6 rings (SSSR count). The SMILES string of the molecule is c1ccc(-c2cc(N3CCN(c4ccc5ccccc5n4)CC3)n3ncnc3n2)cc1. The summed E-state index contributed by atoms with van der Waals surface area (Å²) in [6, 6.07) is 24.8. The molecule has 0 bridgehead atoms. The van der Waals surface area contributed by atoms with Crippen molar-refractivity contribution in [2.45, 2.75) is 0 Å². The van der Waals surface area contributed by atoms with Crippen molar-refractivity contribution in [3.63, 3.8) is 0 Å². The van der Waals surface area contributed by atoms with E-state index >= 15 is 0 Å². The highest BCUT2D eigenvalue weighted by molar-refractivity contribution is 5.80. The van der Waals surface area contributed by atoms with E-state index in [1.807, 2.05) is 34.8 Å². The average Bonchev–Trinajstić information content (AvgIpc) is 3.33. The van der Waals surface area contributed by atoms with Gasteiger partial charge in [0.05, 0.1) is 11.2 Å². The lowest BCUT2D eigenvalue weighted by molar-refractivity contribution is 0.634. The van der Waals surface area contributed by atoms with Gasteiger partial charge in [0.25, 0.3) is 5.78 Å². The summed E-state index contributed by atoms with van der Waals surface area (Å²) >= 11 is 0. The van der Waals surface area contributed by atoms with E-state index in [-0.39, 0.29) is 0 Å². The molecule has 1 aliphatic rings. The van der Waals surface area contributed by atoms with Gasteiger partial charge in [-0.15, -0.1) is 0 Å². The van der Waals surface area contributed by atoms with Crippen molar-refractivity contribution >= 4 is 28.3 Å². The van der Waals surface area contributed by atoms with Crippen molar-refractivity contribution in [2.24, 2.45) is 0 Å². The van der Waals surface area contributed by atoms with Crippen LogP contribution in [0.2, 0.25) is 0 Å². The standard InChI is InChI=1S/C24H21N7/c1-2-6-18(7-3-1)21-16-23(31-24(28-21)25-17-26-31)30-14-12-29(13-15-30)22-11-10-19-8-4-5-9-20(19)27-22/h1-11,16-17H,12-15H2. The quantitative estimate of drug-likeness (QED) is 0.455. The van der Waals surface area contributed by atoms with Crippen LogP contribution in [0.15, 0.2) is 79.1 Å². The van der Waals surface area contributed by atoms with Gasteiger partial charge in [-0.3, -0.25) is 0 Å². The maximum Gasteiger partial charge on any atom is 0.254 e. The van der Waals surface area contributed by atoms with Crippen LogP contribution in [0.5, 0.6) is 0 Å². The lowest BCUT2D eigenvalue weighted by Gasteiger charge is -2.36. The fourth-order valence-electron chi connectivity index (χ4n) is 4.17. The Hall–Kier alpha value is -4.00. The second-order valence-electron chi connectivity index (χ2n) is 7.67. The highest BCUT2D eigenvalue weighted by Crippen LogP contribution is 2.26. The monoisotopic (exact) mass is 407 g/mol. The number of para-hydroxylation sites is 1. The first-order valence-corrected chi connectivity index (χ1v) is 10.5. The number of aromatic nitrogens is 5. The van der Waals surface area contributed by atoms with Crippen LogP contribution in [-0.4, -0.2) is 50.7 Å². The highest BCUT2D eigenvalue weighted by Gasteiger charge is 2.22. The van der Waals surface area contributed by atoms with E-state index in [4.69, 9.17) is 9.97 Å². The molecule has 0 amide bonds. The van der Waals surface area contributed by atoms with Gasteiger partial charge in [-0.05, 0) is 18.2 Å². The Morgan fingerprint density at radius 3 is 2.35 bits per heavy atom. The molecular formula is C24H21N7. The Labute approximate surface area is 179 Å². The number of hydrogen-bond acceptors (Lipinski definition) is 6. The number of hydrogen-bond donors (Lipinski definition) is 0. The normalized spacial score (nSPS) is 14.5. The smallest absolute Gasteiger partial charge is 0.254 e. The number of benzene rings is 2. The molecule has 0 unspecified atom stereocenters. The minimum atomic E-state index is 0.620. The third kappa shape index (κ3) is 3.24. The summed E-state index contributed by atoms with van der Waals surface area (Å²) in [7, 11) is 0. The van der Waals surface area contributed by atoms with Crippen LogP contribution in [0.25, 0.3) is 27.9 Å². The zero-order valence-corrected chi connectivity index (χ0v) is 17.0. The van der Waals surface area contributed by atoms with Crippen molar-refractivity contribution < 1.29 is 0 Å². The number of pyridine rings is 1. The molecule has 7 nitrogen and oxygen atoms in total. The van der Waals surface area contributed by atoms with Gasteiger partial charge in [-0.2, -0.15) is 14.6 Å². The molecule has 0 N–H and O–H groups in total. The predicted molar refractivity (Wildman–Crippen MR) is 122 cm³/mol. The zero-order chi connectivity index (χ0) is 20.6. The van der Waals surface area contributed by atoms with Gasteiger partial charge in [0.15, 0.2) is 0 Å². The van der Waals surface area contributed by atoms with Crippen molar-refractivity contribution in [1.82, 2.24) is 24.6 Å². The summed E-state index contributed by atoms with van der Waals surface area (Å²) in [5, 5.41) is 5.59. The topological polar surface area (TPSA) is 62.5 Å². The fourth-order valence-corrected chi connectivity index (χ4v) is 4.17. The van der Waals surface area contributed by atoms with Crippen molar-refractivity contribution in [1.29, 1.82) is 0 Å². The molecular weight excluding hydrogens is 386 g/mol. The highest BCUT2D eigenvalue weighted by atomic mass is 15.4.